The van der Waals surface area contributed by atoms with E-state index in [-0.39, 0.29) is 18.9 Å². The second-order valence-electron chi connectivity index (χ2n) is 8.81. The molecule has 0 saturated carbocycles. The number of carboxylic acid groups (broad SMARTS) is 1. The van der Waals surface area contributed by atoms with E-state index in [0.29, 0.717) is 17.1 Å². The predicted molar refractivity (Wildman–Crippen MR) is 132 cm³/mol. The van der Waals surface area contributed by atoms with E-state index in [4.69, 9.17) is 14.2 Å². The Hall–Kier alpha value is -4.00. The SMILES string of the molecule is COc1ccc(CC(C)(C(=O)O)N(C)C(=O)OCC2c3ccccc3-c3ccccc32)cc1OC. The molecule has 182 valence electrons. The van der Waals surface area contributed by atoms with Crippen LogP contribution in [0.25, 0.3) is 11.1 Å². The lowest BCUT2D eigenvalue weighted by molar-refractivity contribution is -0.148. The molecule has 1 amide bonds. The van der Waals surface area contributed by atoms with Gasteiger partial charge in [0.15, 0.2) is 11.5 Å². The van der Waals surface area contributed by atoms with Crippen LogP contribution in [0.3, 0.4) is 0 Å². The van der Waals surface area contributed by atoms with Gasteiger partial charge >= 0.3 is 12.1 Å². The molecule has 35 heavy (non-hydrogen) atoms. The Kier molecular flexibility index (Phi) is 6.69. The van der Waals surface area contributed by atoms with E-state index in [9.17, 15) is 14.7 Å². The van der Waals surface area contributed by atoms with Gasteiger partial charge < -0.3 is 19.3 Å². The van der Waals surface area contributed by atoms with Gasteiger partial charge in [-0.05, 0) is 46.9 Å². The van der Waals surface area contributed by atoms with Crippen LogP contribution >= 0.6 is 0 Å². The summed E-state index contributed by atoms with van der Waals surface area (Å²) in [5, 5.41) is 10.1. The Morgan fingerprint density at radius 2 is 1.49 bits per heavy atom. The van der Waals surface area contributed by atoms with Crippen molar-refractivity contribution in [3.8, 4) is 22.6 Å². The molecule has 1 atom stereocenters. The van der Waals surface area contributed by atoms with Gasteiger partial charge in [0.25, 0.3) is 0 Å². The molecule has 0 bridgehead atoms. The minimum absolute atomic E-state index is 0.0589. The first-order chi connectivity index (χ1) is 16.8. The van der Waals surface area contributed by atoms with Gasteiger partial charge in [-0.3, -0.25) is 4.90 Å². The van der Waals surface area contributed by atoms with Crippen LogP contribution in [0, 0.1) is 0 Å². The van der Waals surface area contributed by atoms with Crippen molar-refractivity contribution >= 4 is 12.1 Å². The Morgan fingerprint density at radius 1 is 0.914 bits per heavy atom. The number of carboxylic acids is 1. The summed E-state index contributed by atoms with van der Waals surface area (Å²) in [6.07, 6.45) is -0.638. The molecule has 3 aromatic carbocycles. The molecule has 0 fully saturated rings. The molecule has 0 radical (unpaired) electrons. The standard InChI is InChI=1S/C28H29NO6/c1-28(26(30)31,16-18-13-14-24(33-3)25(15-18)34-4)29(2)27(32)35-17-23-21-11-7-5-9-19(21)20-10-6-8-12-22(20)23/h5-15,23H,16-17H2,1-4H3,(H,30,31). The van der Waals surface area contributed by atoms with Crippen LogP contribution in [0.15, 0.2) is 66.7 Å². The zero-order valence-electron chi connectivity index (χ0n) is 20.3. The number of methoxy groups -OCH3 is 2. The lowest BCUT2D eigenvalue weighted by Gasteiger charge is -2.34. The zero-order chi connectivity index (χ0) is 25.2. The summed E-state index contributed by atoms with van der Waals surface area (Å²) >= 11 is 0. The topological polar surface area (TPSA) is 85.3 Å². The highest BCUT2D eigenvalue weighted by molar-refractivity contribution is 5.84. The number of amides is 1. The maximum Gasteiger partial charge on any atom is 0.410 e. The number of hydrogen-bond donors (Lipinski definition) is 1. The fourth-order valence-corrected chi connectivity index (χ4v) is 4.62. The number of carbonyl (C=O) groups is 2. The van der Waals surface area contributed by atoms with Crippen molar-refractivity contribution in [2.45, 2.75) is 24.8 Å². The minimum atomic E-state index is -1.54. The first-order valence-electron chi connectivity index (χ1n) is 11.3. The van der Waals surface area contributed by atoms with E-state index in [1.807, 2.05) is 36.4 Å². The van der Waals surface area contributed by atoms with Gasteiger partial charge in [0, 0.05) is 19.4 Å². The number of nitrogens with zero attached hydrogens (tertiary/aromatic N) is 1. The summed E-state index contributed by atoms with van der Waals surface area (Å²) in [4.78, 5) is 26.6. The van der Waals surface area contributed by atoms with Gasteiger partial charge in [-0.2, -0.15) is 0 Å². The van der Waals surface area contributed by atoms with Gasteiger partial charge in [0.05, 0.1) is 14.2 Å². The number of fused-ring (bicyclic) bond motifs is 3. The maximum absolute atomic E-state index is 13.1. The Morgan fingerprint density at radius 3 is 2.03 bits per heavy atom. The molecule has 0 aliphatic heterocycles. The van der Waals surface area contributed by atoms with Crippen LogP contribution in [0.4, 0.5) is 4.79 Å². The monoisotopic (exact) mass is 475 g/mol. The third kappa shape index (κ3) is 4.41. The van der Waals surface area contributed by atoms with Crippen molar-refractivity contribution in [3.63, 3.8) is 0 Å². The molecule has 3 aromatic rings. The molecule has 1 aliphatic carbocycles. The molecule has 0 spiro atoms. The van der Waals surface area contributed by atoms with E-state index in [0.717, 1.165) is 27.2 Å². The predicted octanol–water partition coefficient (Wildman–Crippen LogP) is 4.97. The van der Waals surface area contributed by atoms with Gasteiger partial charge in [0.2, 0.25) is 0 Å². The quantitative estimate of drug-likeness (QED) is 0.495. The zero-order valence-corrected chi connectivity index (χ0v) is 20.3. The largest absolute Gasteiger partial charge is 0.493 e. The van der Waals surface area contributed by atoms with E-state index < -0.39 is 17.6 Å². The van der Waals surface area contributed by atoms with Gasteiger partial charge in [0.1, 0.15) is 12.1 Å². The number of rotatable bonds is 8. The van der Waals surface area contributed by atoms with Crippen LogP contribution in [-0.4, -0.2) is 55.5 Å². The lowest BCUT2D eigenvalue weighted by Crippen LogP contribution is -2.54. The Labute approximate surface area is 204 Å². The summed E-state index contributed by atoms with van der Waals surface area (Å²) in [5.74, 6) is -0.218. The summed E-state index contributed by atoms with van der Waals surface area (Å²) < 4.78 is 16.3. The minimum Gasteiger partial charge on any atom is -0.493 e. The third-order valence-electron chi connectivity index (χ3n) is 6.81. The Balaban J connectivity index is 1.52. The maximum atomic E-state index is 13.1. The summed E-state index contributed by atoms with van der Waals surface area (Å²) in [6.45, 7) is 1.62. The average molecular weight is 476 g/mol. The van der Waals surface area contributed by atoms with E-state index >= 15 is 0 Å². The number of carbonyl (C=O) groups excluding carboxylic acids is 1. The molecule has 0 saturated heterocycles. The number of hydrogen-bond acceptors (Lipinski definition) is 5. The van der Waals surface area contributed by atoms with Crippen molar-refractivity contribution in [2.75, 3.05) is 27.9 Å². The normalized spacial score (nSPS) is 13.8. The average Bonchev–Trinajstić information content (AvgIpc) is 3.20. The summed E-state index contributed by atoms with van der Waals surface area (Å²) in [6, 6.07) is 21.3. The molecule has 7 nitrogen and oxygen atoms in total. The first-order valence-corrected chi connectivity index (χ1v) is 11.3. The van der Waals surface area contributed by atoms with Crippen LogP contribution in [0.1, 0.15) is 29.5 Å². The fourth-order valence-electron chi connectivity index (χ4n) is 4.62. The number of aliphatic carboxylic acids is 1. The highest BCUT2D eigenvalue weighted by atomic mass is 16.6. The second kappa shape index (κ2) is 9.70. The van der Waals surface area contributed by atoms with E-state index in [1.54, 1.807) is 18.2 Å². The molecular weight excluding hydrogens is 446 g/mol. The molecule has 4 rings (SSSR count). The summed E-state index contributed by atoms with van der Waals surface area (Å²) in [5.41, 5.74) is 3.58. The van der Waals surface area contributed by atoms with Gasteiger partial charge in [-0.25, -0.2) is 9.59 Å². The van der Waals surface area contributed by atoms with Crippen molar-refractivity contribution in [1.29, 1.82) is 0 Å². The van der Waals surface area contributed by atoms with E-state index in [1.165, 1.54) is 28.2 Å². The van der Waals surface area contributed by atoms with Gasteiger partial charge in [-0.15, -0.1) is 0 Å². The number of ether oxygens (including phenoxy) is 3. The first kappa shape index (κ1) is 24.1. The van der Waals surface area contributed by atoms with Crippen LogP contribution in [-0.2, 0) is 16.0 Å². The summed E-state index contributed by atoms with van der Waals surface area (Å²) in [7, 11) is 4.50. The van der Waals surface area contributed by atoms with Crippen LogP contribution < -0.4 is 9.47 Å². The highest BCUT2D eigenvalue weighted by Gasteiger charge is 2.42. The molecule has 7 heteroatoms. The fraction of sp³-hybridized carbons (Fsp3) is 0.286. The third-order valence-corrected chi connectivity index (χ3v) is 6.81. The molecule has 0 heterocycles. The molecule has 1 aliphatic rings. The van der Waals surface area contributed by atoms with Crippen molar-refractivity contribution < 1.29 is 28.9 Å². The van der Waals surface area contributed by atoms with Crippen LogP contribution in [0.5, 0.6) is 11.5 Å². The lowest BCUT2D eigenvalue weighted by atomic mass is 9.91. The number of likely N-dealkylation sites (N-methyl/N-ethyl adjacent to an activating group) is 1. The highest BCUT2D eigenvalue weighted by Crippen LogP contribution is 2.44. The molecule has 0 aromatic heterocycles. The molecule has 1 unspecified atom stereocenters. The van der Waals surface area contributed by atoms with Crippen LogP contribution in [0.2, 0.25) is 0 Å². The van der Waals surface area contributed by atoms with Crippen molar-refractivity contribution in [3.05, 3.63) is 83.4 Å². The van der Waals surface area contributed by atoms with E-state index in [2.05, 4.69) is 12.1 Å². The smallest absolute Gasteiger partial charge is 0.410 e. The second-order valence-corrected chi connectivity index (χ2v) is 8.81. The number of benzene rings is 3. The van der Waals surface area contributed by atoms with Crippen molar-refractivity contribution in [1.82, 2.24) is 4.90 Å². The van der Waals surface area contributed by atoms with Gasteiger partial charge in [-0.1, -0.05) is 54.6 Å². The molecular formula is C28H29NO6. The molecule has 1 N–H and O–H groups in total. The van der Waals surface area contributed by atoms with Crippen molar-refractivity contribution in [2.24, 2.45) is 0 Å². The Bertz CT molecular complexity index is 1210.